The van der Waals surface area contributed by atoms with Gasteiger partial charge < -0.3 is 10.1 Å². The Morgan fingerprint density at radius 1 is 1.38 bits per heavy atom. The maximum Gasteiger partial charge on any atom is 0.258 e. The number of carbonyl (C=O) groups excluding carboxylic acids is 1. The van der Waals surface area contributed by atoms with E-state index in [-0.39, 0.29) is 12.5 Å². The van der Waals surface area contributed by atoms with Crippen LogP contribution in [-0.4, -0.2) is 18.6 Å². The molecule has 0 aliphatic heterocycles. The molecule has 1 aromatic carbocycles. The summed E-state index contributed by atoms with van der Waals surface area (Å²) < 4.78 is 5.28. The summed E-state index contributed by atoms with van der Waals surface area (Å²) >= 11 is 11.6. The number of carbonyl (C=O) groups is 1. The largest absolute Gasteiger partial charge is 0.484 e. The minimum Gasteiger partial charge on any atom is -0.484 e. The molecular weight excluding hydrogens is 249 g/mol. The van der Waals surface area contributed by atoms with Crippen LogP contribution in [0.15, 0.2) is 18.2 Å². The smallest absolute Gasteiger partial charge is 0.258 e. The lowest BCUT2D eigenvalue weighted by molar-refractivity contribution is -0.123. The highest BCUT2D eigenvalue weighted by atomic mass is 35.5. The van der Waals surface area contributed by atoms with Crippen LogP contribution in [0.25, 0.3) is 0 Å². The number of ether oxygens (including phenoxy) is 1. The molecule has 0 spiro atoms. The van der Waals surface area contributed by atoms with E-state index in [0.717, 1.165) is 12.8 Å². The van der Waals surface area contributed by atoms with Gasteiger partial charge in [-0.25, -0.2) is 0 Å². The van der Waals surface area contributed by atoms with Crippen LogP contribution in [0.4, 0.5) is 0 Å². The van der Waals surface area contributed by atoms with Crippen LogP contribution in [0.5, 0.6) is 5.75 Å². The first-order valence-corrected chi connectivity index (χ1v) is 5.78. The number of halogens is 2. The fourth-order valence-electron chi connectivity index (χ4n) is 1.21. The highest BCUT2D eigenvalue weighted by molar-refractivity contribution is 6.42. The molecule has 5 heteroatoms. The molecule has 2 rings (SSSR count). The molecule has 1 N–H and O–H groups in total. The van der Waals surface area contributed by atoms with E-state index in [4.69, 9.17) is 27.9 Å². The first-order valence-electron chi connectivity index (χ1n) is 5.02. The van der Waals surface area contributed by atoms with Crippen molar-refractivity contribution in [3.8, 4) is 5.75 Å². The summed E-state index contributed by atoms with van der Waals surface area (Å²) in [4.78, 5) is 11.3. The van der Waals surface area contributed by atoms with Crippen molar-refractivity contribution in [1.82, 2.24) is 5.32 Å². The summed E-state index contributed by atoms with van der Waals surface area (Å²) in [7, 11) is 0. The van der Waals surface area contributed by atoms with Gasteiger partial charge in [0.1, 0.15) is 5.75 Å². The van der Waals surface area contributed by atoms with Crippen LogP contribution >= 0.6 is 23.2 Å². The summed E-state index contributed by atoms with van der Waals surface area (Å²) in [5.41, 5.74) is 0. The average Bonchev–Trinajstić information content (AvgIpc) is 3.04. The Labute approximate surface area is 104 Å². The van der Waals surface area contributed by atoms with Crippen molar-refractivity contribution in [3.05, 3.63) is 28.2 Å². The molecule has 0 heterocycles. The molecule has 86 valence electrons. The standard InChI is InChI=1S/C11H11Cl2NO2/c12-9-4-3-8(5-10(9)13)16-6-11(15)14-7-1-2-7/h3-5,7H,1-2,6H2,(H,14,15). The molecule has 16 heavy (non-hydrogen) atoms. The van der Waals surface area contributed by atoms with E-state index in [1.54, 1.807) is 18.2 Å². The molecule has 1 amide bonds. The highest BCUT2D eigenvalue weighted by Crippen LogP contribution is 2.26. The van der Waals surface area contributed by atoms with Crippen LogP contribution in [0.2, 0.25) is 10.0 Å². The first-order chi connectivity index (χ1) is 7.65. The number of nitrogens with one attached hydrogen (secondary N) is 1. The van der Waals surface area contributed by atoms with Gasteiger partial charge in [-0.1, -0.05) is 23.2 Å². The second-order valence-electron chi connectivity index (χ2n) is 3.71. The predicted molar refractivity (Wildman–Crippen MR) is 63.1 cm³/mol. The Hall–Kier alpha value is -0.930. The Balaban J connectivity index is 1.83. The predicted octanol–water partition coefficient (Wildman–Crippen LogP) is 2.65. The minimum absolute atomic E-state index is 0.00839. The maximum atomic E-state index is 11.3. The summed E-state index contributed by atoms with van der Waals surface area (Å²) in [5, 5.41) is 3.71. The van der Waals surface area contributed by atoms with E-state index >= 15 is 0 Å². The molecule has 0 atom stereocenters. The summed E-state index contributed by atoms with van der Waals surface area (Å²) in [6.07, 6.45) is 2.14. The van der Waals surface area contributed by atoms with Crippen molar-refractivity contribution in [1.29, 1.82) is 0 Å². The van der Waals surface area contributed by atoms with Crippen LogP contribution in [0.3, 0.4) is 0 Å². The lowest BCUT2D eigenvalue weighted by atomic mass is 10.3. The Morgan fingerprint density at radius 3 is 2.75 bits per heavy atom. The second-order valence-corrected chi connectivity index (χ2v) is 4.52. The molecule has 0 unspecified atom stereocenters. The number of hydrogen-bond donors (Lipinski definition) is 1. The van der Waals surface area contributed by atoms with E-state index in [1.807, 2.05) is 0 Å². The fraction of sp³-hybridized carbons (Fsp3) is 0.364. The zero-order valence-corrected chi connectivity index (χ0v) is 10.0. The maximum absolute atomic E-state index is 11.3. The monoisotopic (exact) mass is 259 g/mol. The number of benzene rings is 1. The summed E-state index contributed by atoms with van der Waals surface area (Å²) in [6.45, 7) is 0.00839. The van der Waals surface area contributed by atoms with Gasteiger partial charge >= 0.3 is 0 Å². The zero-order chi connectivity index (χ0) is 11.5. The van der Waals surface area contributed by atoms with E-state index in [1.165, 1.54) is 0 Å². The molecule has 1 saturated carbocycles. The Morgan fingerprint density at radius 2 is 2.12 bits per heavy atom. The lowest BCUT2D eigenvalue weighted by Crippen LogP contribution is -2.30. The SMILES string of the molecule is O=C(COc1ccc(Cl)c(Cl)c1)NC1CC1. The van der Waals surface area contributed by atoms with Gasteiger partial charge in [-0.15, -0.1) is 0 Å². The molecule has 1 fully saturated rings. The molecule has 0 bridgehead atoms. The van der Waals surface area contributed by atoms with E-state index in [0.29, 0.717) is 21.8 Å². The van der Waals surface area contributed by atoms with Crippen molar-refractivity contribution < 1.29 is 9.53 Å². The van der Waals surface area contributed by atoms with Gasteiger partial charge in [-0.2, -0.15) is 0 Å². The molecule has 0 aromatic heterocycles. The van der Waals surface area contributed by atoms with Crippen LogP contribution in [-0.2, 0) is 4.79 Å². The third-order valence-corrected chi connectivity index (χ3v) is 2.94. The van der Waals surface area contributed by atoms with Crippen molar-refractivity contribution >= 4 is 29.1 Å². The zero-order valence-electron chi connectivity index (χ0n) is 8.50. The van der Waals surface area contributed by atoms with Gasteiger partial charge in [0.15, 0.2) is 6.61 Å². The number of hydrogen-bond acceptors (Lipinski definition) is 2. The molecule has 0 radical (unpaired) electrons. The fourth-order valence-corrected chi connectivity index (χ4v) is 1.50. The molecule has 1 aliphatic carbocycles. The topological polar surface area (TPSA) is 38.3 Å². The van der Waals surface area contributed by atoms with Gasteiger partial charge in [0, 0.05) is 12.1 Å². The minimum atomic E-state index is -0.103. The van der Waals surface area contributed by atoms with E-state index in [9.17, 15) is 4.79 Å². The summed E-state index contributed by atoms with van der Waals surface area (Å²) in [5.74, 6) is 0.439. The second kappa shape index (κ2) is 4.93. The van der Waals surface area contributed by atoms with Gasteiger partial charge in [-0.3, -0.25) is 4.79 Å². The normalized spacial score (nSPS) is 14.6. The van der Waals surface area contributed by atoms with Crippen molar-refractivity contribution in [2.24, 2.45) is 0 Å². The van der Waals surface area contributed by atoms with E-state index in [2.05, 4.69) is 5.32 Å². The van der Waals surface area contributed by atoms with Gasteiger partial charge in [0.05, 0.1) is 10.0 Å². The van der Waals surface area contributed by atoms with Gasteiger partial charge in [0.2, 0.25) is 0 Å². The first kappa shape index (κ1) is 11.6. The highest BCUT2D eigenvalue weighted by Gasteiger charge is 2.23. The third-order valence-electron chi connectivity index (χ3n) is 2.20. The Bertz CT molecular complexity index is 405. The number of amides is 1. The summed E-state index contributed by atoms with van der Waals surface area (Å²) in [6, 6.07) is 5.26. The van der Waals surface area contributed by atoms with E-state index < -0.39 is 0 Å². The molecule has 0 saturated heterocycles. The van der Waals surface area contributed by atoms with Gasteiger partial charge in [-0.05, 0) is 25.0 Å². The van der Waals surface area contributed by atoms with Crippen molar-refractivity contribution in [2.45, 2.75) is 18.9 Å². The molecule has 1 aliphatic rings. The molecule has 1 aromatic rings. The van der Waals surface area contributed by atoms with Crippen molar-refractivity contribution in [3.63, 3.8) is 0 Å². The van der Waals surface area contributed by atoms with Crippen molar-refractivity contribution in [2.75, 3.05) is 6.61 Å². The third kappa shape index (κ3) is 3.29. The molecule has 3 nitrogen and oxygen atoms in total. The number of rotatable bonds is 4. The average molecular weight is 260 g/mol. The van der Waals surface area contributed by atoms with Crippen LogP contribution in [0, 0.1) is 0 Å². The molecular formula is C11H11Cl2NO2. The van der Waals surface area contributed by atoms with Gasteiger partial charge in [0.25, 0.3) is 5.91 Å². The quantitative estimate of drug-likeness (QED) is 0.903. The van der Waals surface area contributed by atoms with Crippen LogP contribution in [0.1, 0.15) is 12.8 Å². The lowest BCUT2D eigenvalue weighted by Gasteiger charge is -2.07. The van der Waals surface area contributed by atoms with Crippen LogP contribution < -0.4 is 10.1 Å². The Kier molecular flexibility index (Phi) is 3.56.